The van der Waals surface area contributed by atoms with E-state index in [0.29, 0.717) is 12.3 Å². The van der Waals surface area contributed by atoms with Gasteiger partial charge < -0.3 is 9.84 Å². The van der Waals surface area contributed by atoms with Gasteiger partial charge in [-0.3, -0.25) is 0 Å². The van der Waals surface area contributed by atoms with Crippen molar-refractivity contribution in [1.29, 1.82) is 0 Å². The van der Waals surface area contributed by atoms with Crippen LogP contribution >= 0.6 is 0 Å². The Morgan fingerprint density at radius 1 is 1.22 bits per heavy atom. The van der Waals surface area contributed by atoms with Gasteiger partial charge in [-0.15, -0.1) is 12.3 Å². The fourth-order valence-electron chi connectivity index (χ4n) is 2.10. The van der Waals surface area contributed by atoms with E-state index >= 15 is 0 Å². The summed E-state index contributed by atoms with van der Waals surface area (Å²) in [6.07, 6.45) is 13.3. The molecular weight excluding hydrogens is 224 g/mol. The van der Waals surface area contributed by atoms with E-state index in [1.807, 2.05) is 0 Å². The Hall–Kier alpha value is -0.520. The van der Waals surface area contributed by atoms with E-state index < -0.39 is 5.79 Å². The standard InChI is InChI=1S/C16H30O2/c1-6-8-9-10-11-13-15(14(3)12-7-2)18-16(4,5)17/h2,14-15,17H,6,8-13H2,1,3-5H3/t14-,15-/m1/s1. The first-order valence-electron chi connectivity index (χ1n) is 7.24. The second kappa shape index (κ2) is 9.42. The van der Waals surface area contributed by atoms with Crippen molar-refractivity contribution in [3.8, 4) is 12.3 Å². The van der Waals surface area contributed by atoms with Crippen molar-refractivity contribution in [2.24, 2.45) is 5.92 Å². The molecule has 0 fully saturated rings. The Morgan fingerprint density at radius 3 is 2.33 bits per heavy atom. The lowest BCUT2D eigenvalue weighted by Gasteiger charge is -2.30. The zero-order valence-corrected chi connectivity index (χ0v) is 12.5. The van der Waals surface area contributed by atoms with Crippen LogP contribution in [0.2, 0.25) is 0 Å². The maximum absolute atomic E-state index is 9.77. The van der Waals surface area contributed by atoms with Crippen molar-refractivity contribution < 1.29 is 9.84 Å². The minimum atomic E-state index is -1.07. The van der Waals surface area contributed by atoms with Gasteiger partial charge in [-0.05, 0) is 26.2 Å². The SMILES string of the molecule is C#CC[C@@H](C)[C@@H](CCCCCCC)OC(C)(C)O. The van der Waals surface area contributed by atoms with E-state index in [1.54, 1.807) is 13.8 Å². The van der Waals surface area contributed by atoms with Crippen molar-refractivity contribution >= 4 is 0 Å². The van der Waals surface area contributed by atoms with Gasteiger partial charge in [0.1, 0.15) is 0 Å². The molecule has 0 aliphatic heterocycles. The van der Waals surface area contributed by atoms with Gasteiger partial charge in [-0.25, -0.2) is 0 Å². The van der Waals surface area contributed by atoms with Crippen LogP contribution in [0.15, 0.2) is 0 Å². The molecule has 1 N–H and O–H groups in total. The third-order valence-corrected chi connectivity index (χ3v) is 3.11. The van der Waals surface area contributed by atoms with Crippen molar-refractivity contribution in [1.82, 2.24) is 0 Å². The highest BCUT2D eigenvalue weighted by Crippen LogP contribution is 2.22. The molecule has 0 radical (unpaired) electrons. The zero-order valence-electron chi connectivity index (χ0n) is 12.5. The lowest BCUT2D eigenvalue weighted by atomic mass is 9.95. The Balaban J connectivity index is 4.10. The first kappa shape index (κ1) is 17.5. The Labute approximate surface area is 113 Å². The van der Waals surface area contributed by atoms with Crippen LogP contribution in [-0.2, 0) is 4.74 Å². The molecule has 0 saturated carbocycles. The minimum absolute atomic E-state index is 0.0580. The van der Waals surface area contributed by atoms with Crippen LogP contribution in [0.5, 0.6) is 0 Å². The molecule has 0 bridgehead atoms. The van der Waals surface area contributed by atoms with Gasteiger partial charge in [0.2, 0.25) is 0 Å². The summed E-state index contributed by atoms with van der Waals surface area (Å²) in [7, 11) is 0. The number of aliphatic hydroxyl groups is 1. The van der Waals surface area contributed by atoms with Gasteiger partial charge in [0.25, 0.3) is 0 Å². The average molecular weight is 254 g/mol. The van der Waals surface area contributed by atoms with E-state index in [2.05, 4.69) is 19.8 Å². The molecule has 0 aliphatic carbocycles. The molecule has 106 valence electrons. The third-order valence-electron chi connectivity index (χ3n) is 3.11. The second-order valence-electron chi connectivity index (χ2n) is 5.69. The fraction of sp³-hybridized carbons (Fsp3) is 0.875. The first-order valence-corrected chi connectivity index (χ1v) is 7.24. The molecule has 2 atom stereocenters. The second-order valence-corrected chi connectivity index (χ2v) is 5.69. The zero-order chi connectivity index (χ0) is 14.0. The van der Waals surface area contributed by atoms with Crippen LogP contribution in [0, 0.1) is 18.3 Å². The molecule has 0 saturated heterocycles. The van der Waals surface area contributed by atoms with E-state index in [9.17, 15) is 5.11 Å². The van der Waals surface area contributed by atoms with Crippen LogP contribution in [-0.4, -0.2) is 17.0 Å². The summed E-state index contributed by atoms with van der Waals surface area (Å²) in [5.41, 5.74) is 0. The Kier molecular flexibility index (Phi) is 9.14. The van der Waals surface area contributed by atoms with Crippen molar-refractivity contribution in [2.75, 3.05) is 0 Å². The molecule has 0 heterocycles. The van der Waals surface area contributed by atoms with E-state index in [-0.39, 0.29) is 6.10 Å². The normalized spacial score (nSPS) is 15.1. The predicted octanol–water partition coefficient (Wildman–Crippen LogP) is 4.12. The quantitative estimate of drug-likeness (QED) is 0.361. The van der Waals surface area contributed by atoms with Gasteiger partial charge in [-0.1, -0.05) is 46.0 Å². The van der Waals surface area contributed by atoms with E-state index in [4.69, 9.17) is 11.2 Å². The molecule has 0 aliphatic rings. The molecule has 0 rings (SSSR count). The van der Waals surface area contributed by atoms with E-state index in [0.717, 1.165) is 12.8 Å². The third kappa shape index (κ3) is 9.50. The maximum atomic E-state index is 9.77. The van der Waals surface area contributed by atoms with Crippen LogP contribution in [0.25, 0.3) is 0 Å². The molecule has 0 aromatic rings. The van der Waals surface area contributed by atoms with Gasteiger partial charge >= 0.3 is 0 Å². The first-order chi connectivity index (χ1) is 8.40. The monoisotopic (exact) mass is 254 g/mol. The Morgan fingerprint density at radius 2 is 1.83 bits per heavy atom. The molecule has 0 unspecified atom stereocenters. The Bertz CT molecular complexity index is 234. The highest BCUT2D eigenvalue weighted by molar-refractivity contribution is 4.88. The largest absolute Gasteiger partial charge is 0.366 e. The number of unbranched alkanes of at least 4 members (excludes halogenated alkanes) is 4. The smallest absolute Gasteiger partial charge is 0.160 e. The van der Waals surface area contributed by atoms with Crippen molar-refractivity contribution in [3.63, 3.8) is 0 Å². The summed E-state index contributed by atoms with van der Waals surface area (Å²) in [6, 6.07) is 0. The molecule has 0 amide bonds. The van der Waals surface area contributed by atoms with Crippen molar-refractivity contribution in [2.45, 2.75) is 84.5 Å². The number of hydrogen-bond acceptors (Lipinski definition) is 2. The lowest BCUT2D eigenvalue weighted by molar-refractivity contribution is -0.216. The van der Waals surface area contributed by atoms with Gasteiger partial charge in [0, 0.05) is 6.42 Å². The van der Waals surface area contributed by atoms with Crippen LogP contribution in [0.4, 0.5) is 0 Å². The summed E-state index contributed by atoms with van der Waals surface area (Å²) in [5.74, 6) is 1.91. The summed E-state index contributed by atoms with van der Waals surface area (Å²) in [4.78, 5) is 0. The van der Waals surface area contributed by atoms with E-state index in [1.165, 1.54) is 25.7 Å². The van der Waals surface area contributed by atoms with Crippen LogP contribution in [0.3, 0.4) is 0 Å². The summed E-state index contributed by atoms with van der Waals surface area (Å²) in [5, 5.41) is 9.77. The molecule has 0 aromatic carbocycles. The van der Waals surface area contributed by atoms with Gasteiger partial charge in [0.15, 0.2) is 5.79 Å². The minimum Gasteiger partial charge on any atom is -0.366 e. The number of hydrogen-bond donors (Lipinski definition) is 1. The highest BCUT2D eigenvalue weighted by atomic mass is 16.6. The molecule has 2 nitrogen and oxygen atoms in total. The average Bonchev–Trinajstić information content (AvgIpc) is 2.26. The number of terminal acetylenes is 1. The predicted molar refractivity (Wildman–Crippen MR) is 77.2 cm³/mol. The summed E-state index contributed by atoms with van der Waals surface area (Å²) >= 11 is 0. The number of rotatable bonds is 10. The maximum Gasteiger partial charge on any atom is 0.160 e. The van der Waals surface area contributed by atoms with Gasteiger partial charge in [-0.2, -0.15) is 0 Å². The fourth-order valence-corrected chi connectivity index (χ4v) is 2.10. The lowest BCUT2D eigenvalue weighted by Crippen LogP contribution is -2.34. The molecule has 0 spiro atoms. The molecule has 0 aromatic heterocycles. The number of ether oxygens (including phenoxy) is 1. The molecular formula is C16H30O2. The van der Waals surface area contributed by atoms with Gasteiger partial charge in [0.05, 0.1) is 6.10 Å². The highest BCUT2D eigenvalue weighted by Gasteiger charge is 2.24. The van der Waals surface area contributed by atoms with Crippen molar-refractivity contribution in [3.05, 3.63) is 0 Å². The van der Waals surface area contributed by atoms with Crippen LogP contribution < -0.4 is 0 Å². The topological polar surface area (TPSA) is 29.5 Å². The summed E-state index contributed by atoms with van der Waals surface area (Å²) < 4.78 is 5.72. The molecule has 18 heavy (non-hydrogen) atoms. The van der Waals surface area contributed by atoms with Crippen LogP contribution in [0.1, 0.15) is 72.6 Å². The molecule has 2 heteroatoms. The summed E-state index contributed by atoms with van der Waals surface area (Å²) in [6.45, 7) is 7.68.